The van der Waals surface area contributed by atoms with Crippen LogP contribution < -0.4 is 10.1 Å². The third-order valence-corrected chi connectivity index (χ3v) is 2.94. The van der Waals surface area contributed by atoms with Crippen LogP contribution in [0.5, 0.6) is 5.75 Å². The van der Waals surface area contributed by atoms with Crippen LogP contribution in [0.2, 0.25) is 0 Å². The molecule has 0 unspecified atom stereocenters. The van der Waals surface area contributed by atoms with E-state index in [1.807, 2.05) is 0 Å². The number of anilines is 1. The Labute approximate surface area is 136 Å². The Hall–Kier alpha value is -2.77. The van der Waals surface area contributed by atoms with Crippen LogP contribution in [0.15, 0.2) is 42.5 Å². The highest BCUT2D eigenvalue weighted by Gasteiger charge is 2.28. The first-order valence-electron chi connectivity index (χ1n) is 6.96. The van der Waals surface area contributed by atoms with E-state index in [0.717, 1.165) is 0 Å². The Kier molecular flexibility index (Phi) is 5.62. The molecule has 0 saturated carbocycles. The maximum Gasteiger partial charge on any atom is 0.422 e. The standard InChI is InChI=1S/C16H15F3N2O3/c1-23-15(22)13-7-4-5-11(21-13)9-20-12-6-2-3-8-14(12)24-10-16(17,18)19/h2-8,20H,9-10H2,1H3. The van der Waals surface area contributed by atoms with Gasteiger partial charge in [0.05, 0.1) is 25.0 Å². The molecule has 0 aliphatic heterocycles. The van der Waals surface area contributed by atoms with Crippen LogP contribution in [0, 0.1) is 0 Å². The second-order valence-corrected chi connectivity index (χ2v) is 4.76. The molecule has 1 N–H and O–H groups in total. The number of hydrogen-bond donors (Lipinski definition) is 1. The average molecular weight is 340 g/mol. The summed E-state index contributed by atoms with van der Waals surface area (Å²) in [4.78, 5) is 15.6. The number of rotatable bonds is 6. The van der Waals surface area contributed by atoms with E-state index < -0.39 is 18.8 Å². The Morgan fingerprint density at radius 1 is 1.17 bits per heavy atom. The highest BCUT2D eigenvalue weighted by Crippen LogP contribution is 2.26. The fraction of sp³-hybridized carbons (Fsp3) is 0.250. The molecule has 0 bridgehead atoms. The van der Waals surface area contributed by atoms with Gasteiger partial charge in [-0.15, -0.1) is 0 Å². The maximum atomic E-state index is 12.3. The number of pyridine rings is 1. The van der Waals surface area contributed by atoms with Gasteiger partial charge in [-0.3, -0.25) is 0 Å². The van der Waals surface area contributed by atoms with E-state index in [9.17, 15) is 18.0 Å². The first-order chi connectivity index (χ1) is 11.4. The van der Waals surface area contributed by atoms with Gasteiger partial charge in [0, 0.05) is 0 Å². The van der Waals surface area contributed by atoms with Crippen LogP contribution in [0.3, 0.4) is 0 Å². The van der Waals surface area contributed by atoms with Gasteiger partial charge in [-0.25, -0.2) is 9.78 Å². The van der Waals surface area contributed by atoms with E-state index in [1.165, 1.54) is 19.2 Å². The molecule has 0 spiro atoms. The van der Waals surface area contributed by atoms with Crippen molar-refractivity contribution in [2.75, 3.05) is 19.0 Å². The summed E-state index contributed by atoms with van der Waals surface area (Å²) in [6, 6.07) is 11.1. The molecule has 8 heteroatoms. The topological polar surface area (TPSA) is 60.5 Å². The number of para-hydroxylation sites is 2. The van der Waals surface area contributed by atoms with Gasteiger partial charge in [0.15, 0.2) is 6.61 Å². The summed E-state index contributed by atoms with van der Waals surface area (Å²) in [5.41, 5.74) is 1.08. The number of alkyl halides is 3. The molecule has 0 radical (unpaired) electrons. The largest absolute Gasteiger partial charge is 0.482 e. The number of hydrogen-bond acceptors (Lipinski definition) is 5. The zero-order chi connectivity index (χ0) is 17.6. The molecule has 0 saturated heterocycles. The van der Waals surface area contributed by atoms with Crippen molar-refractivity contribution in [2.45, 2.75) is 12.7 Å². The number of esters is 1. The van der Waals surface area contributed by atoms with Gasteiger partial charge >= 0.3 is 12.1 Å². The Bertz CT molecular complexity index is 705. The summed E-state index contributed by atoms with van der Waals surface area (Å²) in [6.07, 6.45) is -4.41. The summed E-state index contributed by atoms with van der Waals surface area (Å²) >= 11 is 0. The molecule has 0 atom stereocenters. The van der Waals surface area contributed by atoms with E-state index in [0.29, 0.717) is 11.4 Å². The molecule has 0 amide bonds. The fourth-order valence-electron chi connectivity index (χ4n) is 1.88. The Morgan fingerprint density at radius 2 is 1.92 bits per heavy atom. The number of carbonyl (C=O) groups excluding carboxylic acids is 1. The van der Waals surface area contributed by atoms with Gasteiger partial charge in [-0.05, 0) is 24.3 Å². The molecule has 0 aliphatic carbocycles. The van der Waals surface area contributed by atoms with Crippen molar-refractivity contribution in [3.8, 4) is 5.75 Å². The summed E-state index contributed by atoms with van der Waals surface area (Å²) < 4.78 is 46.2. The van der Waals surface area contributed by atoms with Crippen molar-refractivity contribution < 1.29 is 27.4 Å². The zero-order valence-corrected chi connectivity index (χ0v) is 12.8. The quantitative estimate of drug-likeness (QED) is 0.817. The van der Waals surface area contributed by atoms with Crippen molar-refractivity contribution in [3.05, 3.63) is 53.9 Å². The number of nitrogens with zero attached hydrogens (tertiary/aromatic N) is 1. The molecule has 5 nitrogen and oxygen atoms in total. The third kappa shape index (κ3) is 5.15. The smallest absolute Gasteiger partial charge is 0.422 e. The van der Waals surface area contributed by atoms with Crippen molar-refractivity contribution >= 4 is 11.7 Å². The minimum atomic E-state index is -4.41. The maximum absolute atomic E-state index is 12.3. The van der Waals surface area contributed by atoms with E-state index in [-0.39, 0.29) is 18.0 Å². The number of halogens is 3. The zero-order valence-electron chi connectivity index (χ0n) is 12.8. The van der Waals surface area contributed by atoms with Crippen LogP contribution in [-0.4, -0.2) is 30.8 Å². The van der Waals surface area contributed by atoms with Crippen LogP contribution in [0.4, 0.5) is 18.9 Å². The molecule has 0 fully saturated rings. The lowest BCUT2D eigenvalue weighted by Crippen LogP contribution is -2.19. The summed E-state index contributed by atoms with van der Waals surface area (Å²) in [5.74, 6) is -0.482. The molecule has 24 heavy (non-hydrogen) atoms. The van der Waals surface area contributed by atoms with Gasteiger partial charge in [0.1, 0.15) is 11.4 Å². The van der Waals surface area contributed by atoms with Crippen molar-refractivity contribution in [3.63, 3.8) is 0 Å². The molecule has 1 aromatic heterocycles. The summed E-state index contributed by atoms with van der Waals surface area (Å²) in [6.45, 7) is -1.17. The molecule has 1 heterocycles. The first kappa shape index (κ1) is 17.6. The molecule has 1 aromatic carbocycles. The van der Waals surface area contributed by atoms with Gasteiger partial charge in [-0.2, -0.15) is 13.2 Å². The summed E-state index contributed by atoms with van der Waals surface area (Å²) in [7, 11) is 1.25. The van der Waals surface area contributed by atoms with Gasteiger partial charge in [0.25, 0.3) is 0 Å². The number of aromatic nitrogens is 1. The van der Waals surface area contributed by atoms with Gasteiger partial charge in [0.2, 0.25) is 0 Å². The van der Waals surface area contributed by atoms with E-state index in [4.69, 9.17) is 4.74 Å². The minimum Gasteiger partial charge on any atom is -0.482 e. The molecule has 128 valence electrons. The van der Waals surface area contributed by atoms with E-state index in [2.05, 4.69) is 15.0 Å². The van der Waals surface area contributed by atoms with Crippen molar-refractivity contribution in [1.82, 2.24) is 4.98 Å². The van der Waals surface area contributed by atoms with E-state index >= 15 is 0 Å². The number of benzene rings is 1. The molecular weight excluding hydrogens is 325 g/mol. The molecular formula is C16H15F3N2O3. The third-order valence-electron chi connectivity index (χ3n) is 2.94. The number of nitrogens with one attached hydrogen (secondary N) is 1. The lowest BCUT2D eigenvalue weighted by atomic mass is 10.2. The average Bonchev–Trinajstić information content (AvgIpc) is 2.57. The first-order valence-corrected chi connectivity index (χ1v) is 6.96. The Morgan fingerprint density at radius 3 is 2.62 bits per heavy atom. The van der Waals surface area contributed by atoms with Gasteiger partial charge < -0.3 is 14.8 Å². The second-order valence-electron chi connectivity index (χ2n) is 4.76. The number of methoxy groups -OCH3 is 1. The lowest BCUT2D eigenvalue weighted by Gasteiger charge is -2.14. The van der Waals surface area contributed by atoms with Gasteiger partial charge in [-0.1, -0.05) is 18.2 Å². The normalized spacial score (nSPS) is 11.0. The molecule has 2 aromatic rings. The summed E-state index contributed by atoms with van der Waals surface area (Å²) in [5, 5.41) is 2.94. The molecule has 2 rings (SSSR count). The van der Waals surface area contributed by atoms with Crippen LogP contribution in [-0.2, 0) is 11.3 Å². The lowest BCUT2D eigenvalue weighted by molar-refractivity contribution is -0.153. The van der Waals surface area contributed by atoms with E-state index in [1.54, 1.807) is 30.3 Å². The predicted molar refractivity (Wildman–Crippen MR) is 80.9 cm³/mol. The van der Waals surface area contributed by atoms with Crippen LogP contribution in [0.25, 0.3) is 0 Å². The second kappa shape index (κ2) is 7.67. The van der Waals surface area contributed by atoms with Crippen LogP contribution >= 0.6 is 0 Å². The fourth-order valence-corrected chi connectivity index (χ4v) is 1.88. The van der Waals surface area contributed by atoms with Crippen LogP contribution in [0.1, 0.15) is 16.2 Å². The SMILES string of the molecule is COC(=O)c1cccc(CNc2ccccc2OCC(F)(F)F)n1. The monoisotopic (exact) mass is 340 g/mol. The van der Waals surface area contributed by atoms with Crippen molar-refractivity contribution in [2.24, 2.45) is 0 Å². The highest BCUT2D eigenvalue weighted by atomic mass is 19.4. The Balaban J connectivity index is 2.06. The highest BCUT2D eigenvalue weighted by molar-refractivity contribution is 5.87. The number of carbonyl (C=O) groups is 1. The number of ether oxygens (including phenoxy) is 2. The minimum absolute atomic E-state index is 0.0824. The molecule has 0 aliphatic rings. The predicted octanol–water partition coefficient (Wildman–Crippen LogP) is 3.42. The van der Waals surface area contributed by atoms with Crippen molar-refractivity contribution in [1.29, 1.82) is 0 Å².